The number of nitrogens with zero attached hydrogens (tertiary/aromatic N) is 1. The van der Waals surface area contributed by atoms with E-state index in [9.17, 15) is 4.79 Å². The van der Waals surface area contributed by atoms with E-state index in [1.807, 2.05) is 0 Å². The summed E-state index contributed by atoms with van der Waals surface area (Å²) in [5, 5.41) is 1.45. The van der Waals surface area contributed by atoms with Crippen LogP contribution < -0.4 is 0 Å². The van der Waals surface area contributed by atoms with Crippen molar-refractivity contribution < 1.29 is 19.2 Å². The third kappa shape index (κ3) is 1.67. The van der Waals surface area contributed by atoms with Crippen LogP contribution in [0.1, 0.15) is 19.3 Å². The van der Waals surface area contributed by atoms with Gasteiger partial charge in [-0.2, -0.15) is 0 Å². The molecular weight excluding hydrogens is 174 g/mol. The number of ether oxygens (including phenoxy) is 1. The molecule has 13 heavy (non-hydrogen) atoms. The molecule has 2 fully saturated rings. The van der Waals surface area contributed by atoms with Crippen LogP contribution in [0.5, 0.6) is 0 Å². The molecule has 2 saturated heterocycles. The second kappa shape index (κ2) is 3.61. The Kier molecular flexibility index (Phi) is 2.48. The number of esters is 1. The van der Waals surface area contributed by atoms with E-state index in [0.717, 1.165) is 12.8 Å². The number of hydrogen-bond acceptors (Lipinski definition) is 5. The zero-order chi connectivity index (χ0) is 9.26. The molecule has 2 rings (SSSR count). The Labute approximate surface area is 76.5 Å². The van der Waals surface area contributed by atoms with Gasteiger partial charge in [0.2, 0.25) is 0 Å². The van der Waals surface area contributed by atoms with Gasteiger partial charge in [-0.3, -0.25) is 9.68 Å². The summed E-state index contributed by atoms with van der Waals surface area (Å²) in [5.74, 6) is -0.321. The van der Waals surface area contributed by atoms with Crippen LogP contribution in [0.4, 0.5) is 0 Å². The highest BCUT2D eigenvalue weighted by atomic mass is 17.0. The van der Waals surface area contributed by atoms with Gasteiger partial charge in [0.25, 0.3) is 0 Å². The number of hydroxylamine groups is 2. The van der Waals surface area contributed by atoms with Crippen LogP contribution in [0.2, 0.25) is 0 Å². The molecule has 2 atom stereocenters. The number of rotatable bonds is 1. The summed E-state index contributed by atoms with van der Waals surface area (Å²) in [6, 6.07) is 0.220. The SMILES string of the molecule is COC(=O)[C@@H]1C[C@H]2CCCON2O1. The molecule has 0 saturated carbocycles. The highest BCUT2D eigenvalue weighted by molar-refractivity contribution is 5.74. The smallest absolute Gasteiger partial charge is 0.337 e. The van der Waals surface area contributed by atoms with E-state index in [0.29, 0.717) is 13.0 Å². The molecule has 74 valence electrons. The fraction of sp³-hybridized carbons (Fsp3) is 0.875. The van der Waals surface area contributed by atoms with Gasteiger partial charge in [0.1, 0.15) is 0 Å². The van der Waals surface area contributed by atoms with E-state index in [2.05, 4.69) is 4.74 Å². The minimum Gasteiger partial charge on any atom is -0.467 e. The predicted octanol–water partition coefficient (Wildman–Crippen LogP) is 0.259. The van der Waals surface area contributed by atoms with Crippen LogP contribution in [0.15, 0.2) is 0 Å². The molecule has 0 aromatic heterocycles. The van der Waals surface area contributed by atoms with Gasteiger partial charge in [-0.1, -0.05) is 5.23 Å². The largest absolute Gasteiger partial charge is 0.467 e. The van der Waals surface area contributed by atoms with E-state index < -0.39 is 6.10 Å². The molecule has 5 heteroatoms. The Morgan fingerprint density at radius 3 is 3.15 bits per heavy atom. The Morgan fingerprint density at radius 2 is 2.46 bits per heavy atom. The molecule has 0 unspecified atom stereocenters. The minimum absolute atomic E-state index is 0.220. The van der Waals surface area contributed by atoms with Crippen molar-refractivity contribution in [3.05, 3.63) is 0 Å². The van der Waals surface area contributed by atoms with Crippen LogP contribution in [-0.4, -0.2) is 37.1 Å². The number of fused-ring (bicyclic) bond motifs is 1. The first-order valence-corrected chi connectivity index (χ1v) is 4.48. The predicted molar refractivity (Wildman–Crippen MR) is 42.3 cm³/mol. The number of methoxy groups -OCH3 is 1. The molecule has 0 aliphatic carbocycles. The van der Waals surface area contributed by atoms with E-state index in [1.165, 1.54) is 12.3 Å². The van der Waals surface area contributed by atoms with E-state index in [1.54, 1.807) is 0 Å². The first-order valence-electron chi connectivity index (χ1n) is 4.48. The molecule has 0 N–H and O–H groups in total. The highest BCUT2D eigenvalue weighted by Crippen LogP contribution is 2.28. The standard InChI is InChI=1S/C8H13NO4/c1-11-8(10)7-5-6-3-2-4-12-9(6)13-7/h6-7H,2-5H2,1H3/t6-,7+/m1/s1. The molecular formula is C8H13NO4. The fourth-order valence-corrected chi connectivity index (χ4v) is 1.69. The second-order valence-corrected chi connectivity index (χ2v) is 3.27. The van der Waals surface area contributed by atoms with Gasteiger partial charge in [0.15, 0.2) is 6.10 Å². The lowest BCUT2D eigenvalue weighted by Crippen LogP contribution is -2.33. The van der Waals surface area contributed by atoms with Crippen molar-refractivity contribution in [1.29, 1.82) is 0 Å². The van der Waals surface area contributed by atoms with Crippen molar-refractivity contribution in [3.63, 3.8) is 0 Å². The lowest BCUT2D eigenvalue weighted by molar-refractivity contribution is -0.379. The number of carbonyl (C=O) groups is 1. The molecule has 5 nitrogen and oxygen atoms in total. The van der Waals surface area contributed by atoms with Crippen molar-refractivity contribution in [2.45, 2.75) is 31.4 Å². The number of carbonyl (C=O) groups excluding carboxylic acids is 1. The van der Waals surface area contributed by atoms with Gasteiger partial charge >= 0.3 is 5.97 Å². The summed E-state index contributed by atoms with van der Waals surface area (Å²) in [4.78, 5) is 21.6. The summed E-state index contributed by atoms with van der Waals surface area (Å²) in [6.07, 6.45) is 2.24. The lowest BCUT2D eigenvalue weighted by Gasteiger charge is -2.25. The fourth-order valence-electron chi connectivity index (χ4n) is 1.69. The summed E-state index contributed by atoms with van der Waals surface area (Å²) in [5.41, 5.74) is 0. The first-order chi connectivity index (χ1) is 6.31. The Hall–Kier alpha value is -0.650. The van der Waals surface area contributed by atoms with Crippen molar-refractivity contribution in [2.75, 3.05) is 13.7 Å². The lowest BCUT2D eigenvalue weighted by atomic mass is 10.1. The molecule has 0 aromatic carbocycles. The van der Waals surface area contributed by atoms with Gasteiger partial charge in [-0.05, 0) is 12.8 Å². The first kappa shape index (κ1) is 8.93. The van der Waals surface area contributed by atoms with Crippen LogP contribution in [-0.2, 0) is 19.2 Å². The Bertz CT molecular complexity index is 194. The normalized spacial score (nSPS) is 34.2. The quantitative estimate of drug-likeness (QED) is 0.551. The second-order valence-electron chi connectivity index (χ2n) is 3.27. The Balaban J connectivity index is 1.94. The van der Waals surface area contributed by atoms with Crippen molar-refractivity contribution >= 4 is 5.97 Å². The summed E-state index contributed by atoms with van der Waals surface area (Å²) in [7, 11) is 1.36. The maximum absolute atomic E-state index is 11.1. The van der Waals surface area contributed by atoms with Crippen molar-refractivity contribution in [3.8, 4) is 0 Å². The average Bonchev–Trinajstić information content (AvgIpc) is 2.59. The van der Waals surface area contributed by atoms with Crippen LogP contribution in [0.3, 0.4) is 0 Å². The van der Waals surface area contributed by atoms with E-state index >= 15 is 0 Å². The van der Waals surface area contributed by atoms with Gasteiger partial charge < -0.3 is 4.74 Å². The maximum atomic E-state index is 11.1. The third-order valence-corrected chi connectivity index (χ3v) is 2.38. The molecule has 0 amide bonds. The molecule has 0 bridgehead atoms. The van der Waals surface area contributed by atoms with Gasteiger partial charge in [0.05, 0.1) is 19.8 Å². The third-order valence-electron chi connectivity index (χ3n) is 2.38. The molecule has 2 aliphatic heterocycles. The van der Waals surface area contributed by atoms with Crippen molar-refractivity contribution in [1.82, 2.24) is 5.23 Å². The topological polar surface area (TPSA) is 48.0 Å². The van der Waals surface area contributed by atoms with Crippen molar-refractivity contribution in [2.24, 2.45) is 0 Å². The summed E-state index contributed by atoms with van der Waals surface area (Å²) >= 11 is 0. The van der Waals surface area contributed by atoms with E-state index in [4.69, 9.17) is 9.68 Å². The molecule has 0 radical (unpaired) electrons. The summed E-state index contributed by atoms with van der Waals surface area (Å²) in [6.45, 7) is 0.671. The van der Waals surface area contributed by atoms with Crippen LogP contribution in [0, 0.1) is 0 Å². The van der Waals surface area contributed by atoms with Gasteiger partial charge in [0, 0.05) is 6.42 Å². The van der Waals surface area contributed by atoms with Gasteiger partial charge in [-0.15, -0.1) is 0 Å². The molecule has 2 aliphatic rings. The minimum atomic E-state index is -0.479. The number of hydrogen-bond donors (Lipinski definition) is 0. The molecule has 0 spiro atoms. The molecule has 2 heterocycles. The Morgan fingerprint density at radius 1 is 1.62 bits per heavy atom. The maximum Gasteiger partial charge on any atom is 0.337 e. The molecule has 0 aromatic rings. The zero-order valence-electron chi connectivity index (χ0n) is 7.56. The van der Waals surface area contributed by atoms with Crippen LogP contribution in [0.25, 0.3) is 0 Å². The summed E-state index contributed by atoms with van der Waals surface area (Å²) < 4.78 is 4.59. The zero-order valence-corrected chi connectivity index (χ0v) is 7.56. The van der Waals surface area contributed by atoms with Gasteiger partial charge in [-0.25, -0.2) is 4.79 Å². The van der Waals surface area contributed by atoms with Crippen LogP contribution >= 0.6 is 0 Å². The monoisotopic (exact) mass is 187 g/mol. The average molecular weight is 187 g/mol. The highest BCUT2D eigenvalue weighted by Gasteiger charge is 2.40. The van der Waals surface area contributed by atoms with E-state index in [-0.39, 0.29) is 12.0 Å².